The van der Waals surface area contributed by atoms with Gasteiger partial charge in [0.05, 0.1) is 11.2 Å². The van der Waals surface area contributed by atoms with Gasteiger partial charge in [0.15, 0.2) is 5.65 Å². The number of hydrazone groups is 1. The van der Waals surface area contributed by atoms with Crippen LogP contribution in [-0.2, 0) is 0 Å². The van der Waals surface area contributed by atoms with Crippen LogP contribution in [0.3, 0.4) is 0 Å². The smallest absolute Gasteiger partial charge is 0.265 e. The number of benzene rings is 2. The molecule has 8 heteroatoms. The molecule has 2 heterocycles. The zero-order valence-corrected chi connectivity index (χ0v) is 13.7. The molecule has 0 fully saturated rings. The van der Waals surface area contributed by atoms with Crippen molar-refractivity contribution < 1.29 is 0 Å². The molecule has 0 spiro atoms. The van der Waals surface area contributed by atoms with Gasteiger partial charge in [-0.15, -0.1) is 10.2 Å². The summed E-state index contributed by atoms with van der Waals surface area (Å²) < 4.78 is 0. The topological polar surface area (TPSA) is 78.8 Å². The fraction of sp³-hybridized carbons (Fsp3) is 0. The highest BCUT2D eigenvalue weighted by Crippen LogP contribution is 2.22. The highest BCUT2D eigenvalue weighted by atomic mass is 35.5. The van der Waals surface area contributed by atoms with Crippen molar-refractivity contribution in [2.45, 2.75) is 0 Å². The van der Waals surface area contributed by atoms with E-state index in [2.05, 4.69) is 30.7 Å². The van der Waals surface area contributed by atoms with Gasteiger partial charge in [-0.25, -0.2) is 5.43 Å². The lowest BCUT2D eigenvalue weighted by atomic mass is 10.2. The summed E-state index contributed by atoms with van der Waals surface area (Å²) in [6, 6.07) is 13.0. The van der Waals surface area contributed by atoms with Crippen LogP contribution in [0.1, 0.15) is 5.56 Å². The number of hydrogen-bond acceptors (Lipinski definition) is 5. The number of hydrogen-bond donors (Lipinski definition) is 2. The lowest BCUT2D eigenvalue weighted by Gasteiger charge is -1.99. The van der Waals surface area contributed by atoms with Crippen LogP contribution in [0.2, 0.25) is 10.0 Å². The minimum Gasteiger partial charge on any atom is -0.338 e. The Labute approximate surface area is 146 Å². The van der Waals surface area contributed by atoms with Gasteiger partial charge in [0, 0.05) is 21.5 Å². The maximum Gasteiger partial charge on any atom is 0.265 e. The highest BCUT2D eigenvalue weighted by Gasteiger charge is 2.08. The van der Waals surface area contributed by atoms with Gasteiger partial charge in [-0.1, -0.05) is 47.5 Å². The average molecular weight is 357 g/mol. The molecule has 4 rings (SSSR count). The molecule has 0 aliphatic carbocycles. The summed E-state index contributed by atoms with van der Waals surface area (Å²) >= 11 is 11.9. The molecule has 118 valence electrons. The molecule has 0 atom stereocenters. The molecule has 0 unspecified atom stereocenters. The van der Waals surface area contributed by atoms with E-state index in [-0.39, 0.29) is 5.95 Å². The molecule has 0 aliphatic rings. The van der Waals surface area contributed by atoms with Crippen LogP contribution in [-0.4, -0.2) is 26.4 Å². The Morgan fingerprint density at radius 1 is 1.08 bits per heavy atom. The number of para-hydroxylation sites is 1. The maximum atomic E-state index is 6.08. The first kappa shape index (κ1) is 14.9. The second kappa shape index (κ2) is 6.07. The Morgan fingerprint density at radius 2 is 1.96 bits per heavy atom. The quantitative estimate of drug-likeness (QED) is 0.424. The first-order valence-electron chi connectivity index (χ1n) is 7.06. The van der Waals surface area contributed by atoms with Crippen molar-refractivity contribution in [2.24, 2.45) is 5.10 Å². The number of aromatic amines is 1. The summed E-state index contributed by atoms with van der Waals surface area (Å²) in [7, 11) is 0. The Balaban J connectivity index is 1.60. The normalized spacial score (nSPS) is 11.6. The van der Waals surface area contributed by atoms with E-state index in [0.29, 0.717) is 15.7 Å². The maximum absolute atomic E-state index is 6.08. The molecule has 2 N–H and O–H groups in total. The van der Waals surface area contributed by atoms with E-state index in [1.807, 2.05) is 24.3 Å². The number of halogens is 2. The van der Waals surface area contributed by atoms with E-state index >= 15 is 0 Å². The molecule has 6 nitrogen and oxygen atoms in total. The third-order valence-corrected chi connectivity index (χ3v) is 4.02. The number of H-pyrrole nitrogens is 1. The molecule has 0 radical (unpaired) electrons. The van der Waals surface area contributed by atoms with Crippen LogP contribution in [0.15, 0.2) is 47.6 Å². The minimum absolute atomic E-state index is 0.287. The van der Waals surface area contributed by atoms with E-state index in [1.54, 1.807) is 24.4 Å². The zero-order chi connectivity index (χ0) is 16.5. The average Bonchev–Trinajstić information content (AvgIpc) is 2.94. The van der Waals surface area contributed by atoms with Crippen LogP contribution in [0.25, 0.3) is 22.1 Å². The summed E-state index contributed by atoms with van der Waals surface area (Å²) in [4.78, 5) is 7.57. The van der Waals surface area contributed by atoms with Gasteiger partial charge < -0.3 is 4.98 Å². The van der Waals surface area contributed by atoms with E-state index in [1.165, 1.54) is 0 Å². The predicted molar refractivity (Wildman–Crippen MR) is 96.9 cm³/mol. The summed E-state index contributed by atoms with van der Waals surface area (Å²) in [6.07, 6.45) is 1.57. The van der Waals surface area contributed by atoms with Crippen LogP contribution in [0.5, 0.6) is 0 Å². The molecule has 4 aromatic rings. The van der Waals surface area contributed by atoms with Crippen molar-refractivity contribution >= 4 is 57.4 Å². The molecule has 0 amide bonds. The van der Waals surface area contributed by atoms with E-state index < -0.39 is 0 Å². The van der Waals surface area contributed by atoms with Crippen molar-refractivity contribution in [2.75, 3.05) is 5.43 Å². The first-order chi connectivity index (χ1) is 11.7. The van der Waals surface area contributed by atoms with Crippen LogP contribution < -0.4 is 5.43 Å². The summed E-state index contributed by atoms with van der Waals surface area (Å²) in [5.41, 5.74) is 5.81. The van der Waals surface area contributed by atoms with Crippen molar-refractivity contribution in [3.63, 3.8) is 0 Å². The minimum atomic E-state index is 0.287. The van der Waals surface area contributed by atoms with Gasteiger partial charge in [0.2, 0.25) is 0 Å². The van der Waals surface area contributed by atoms with Crippen LogP contribution in [0.4, 0.5) is 5.95 Å². The fourth-order valence-corrected chi connectivity index (χ4v) is 2.79. The number of nitrogens with zero attached hydrogens (tertiary/aromatic N) is 4. The van der Waals surface area contributed by atoms with Gasteiger partial charge in [-0.05, 0) is 18.2 Å². The summed E-state index contributed by atoms with van der Waals surface area (Å²) in [5, 5.41) is 14.4. The second-order valence-corrected chi connectivity index (χ2v) is 5.88. The number of nitrogens with one attached hydrogen (secondary N) is 2. The molecule has 0 bridgehead atoms. The standard InChI is InChI=1S/C16H10Cl2N6/c17-10-6-5-9(12(18)7-10)8-19-23-16-21-15-14(22-24-16)11-3-1-2-4-13(11)20-15/h1-8H,(H2,20,21,23,24)/b19-8+. The second-order valence-electron chi connectivity index (χ2n) is 5.04. The molecule has 2 aromatic carbocycles. The Bertz CT molecular complexity index is 1070. The predicted octanol–water partition coefficient (Wildman–Crippen LogP) is 4.26. The molecule has 0 saturated carbocycles. The number of fused-ring (bicyclic) bond motifs is 3. The molecule has 24 heavy (non-hydrogen) atoms. The van der Waals surface area contributed by atoms with Crippen molar-refractivity contribution in [1.29, 1.82) is 0 Å². The summed E-state index contributed by atoms with van der Waals surface area (Å²) in [6.45, 7) is 0. The number of anilines is 1. The van der Waals surface area contributed by atoms with Crippen LogP contribution in [0, 0.1) is 0 Å². The van der Waals surface area contributed by atoms with Crippen molar-refractivity contribution in [3.05, 3.63) is 58.1 Å². The van der Waals surface area contributed by atoms with Gasteiger partial charge >= 0.3 is 0 Å². The number of aromatic nitrogens is 4. The SMILES string of the molecule is Clc1ccc(/C=N/Nc2nnc3c(n2)[nH]c2ccccc23)c(Cl)c1. The Morgan fingerprint density at radius 3 is 2.83 bits per heavy atom. The Hall–Kier alpha value is -2.70. The van der Waals surface area contributed by atoms with Crippen molar-refractivity contribution in [1.82, 2.24) is 20.2 Å². The monoisotopic (exact) mass is 356 g/mol. The largest absolute Gasteiger partial charge is 0.338 e. The molecule has 0 saturated heterocycles. The van der Waals surface area contributed by atoms with E-state index in [4.69, 9.17) is 23.2 Å². The van der Waals surface area contributed by atoms with Gasteiger partial charge in [0.25, 0.3) is 5.95 Å². The molecular weight excluding hydrogens is 347 g/mol. The third kappa shape index (κ3) is 2.77. The lowest BCUT2D eigenvalue weighted by Crippen LogP contribution is -1.99. The lowest BCUT2D eigenvalue weighted by molar-refractivity contribution is 1.01. The van der Waals surface area contributed by atoms with Crippen LogP contribution >= 0.6 is 23.2 Å². The number of rotatable bonds is 3. The zero-order valence-electron chi connectivity index (χ0n) is 12.2. The fourth-order valence-electron chi connectivity index (χ4n) is 2.33. The molecular formula is C16H10Cl2N6. The van der Waals surface area contributed by atoms with Gasteiger partial charge in [-0.3, -0.25) is 0 Å². The first-order valence-corrected chi connectivity index (χ1v) is 7.81. The van der Waals surface area contributed by atoms with E-state index in [0.717, 1.165) is 22.0 Å². The van der Waals surface area contributed by atoms with Gasteiger partial charge in [-0.2, -0.15) is 10.1 Å². The molecule has 2 aromatic heterocycles. The third-order valence-electron chi connectivity index (χ3n) is 3.45. The highest BCUT2D eigenvalue weighted by molar-refractivity contribution is 6.36. The van der Waals surface area contributed by atoms with Gasteiger partial charge in [0.1, 0.15) is 5.52 Å². The molecule has 0 aliphatic heterocycles. The van der Waals surface area contributed by atoms with E-state index in [9.17, 15) is 0 Å². The Kier molecular flexibility index (Phi) is 3.76. The summed E-state index contributed by atoms with van der Waals surface area (Å²) in [5.74, 6) is 0.287. The van der Waals surface area contributed by atoms with Crippen molar-refractivity contribution in [3.8, 4) is 0 Å².